The van der Waals surface area contributed by atoms with Crippen molar-refractivity contribution in [2.45, 2.75) is 99.5 Å². The van der Waals surface area contributed by atoms with Gasteiger partial charge in [-0.15, -0.1) is 0 Å². The van der Waals surface area contributed by atoms with Gasteiger partial charge in [-0.25, -0.2) is 4.79 Å². The summed E-state index contributed by atoms with van der Waals surface area (Å²) in [5, 5.41) is 35.4. The molecule has 2 saturated heterocycles. The fourth-order valence-corrected chi connectivity index (χ4v) is 13.8. The Bertz CT molecular complexity index is 2330. The quantitative estimate of drug-likeness (QED) is 0.182. The maximum atomic E-state index is 15.4. The third-order valence-electron chi connectivity index (χ3n) is 16.0. The van der Waals surface area contributed by atoms with Gasteiger partial charge in [0.05, 0.1) is 44.6 Å². The van der Waals surface area contributed by atoms with Crippen molar-refractivity contribution in [2.75, 3.05) is 66.0 Å². The number of methoxy groups -OCH3 is 3. The Hall–Kier alpha value is -4.68. The van der Waals surface area contributed by atoms with Gasteiger partial charge >= 0.3 is 17.9 Å². The molecule has 2 N–H and O–H groups in total. The predicted molar refractivity (Wildman–Crippen MR) is 227 cm³/mol. The van der Waals surface area contributed by atoms with E-state index < -0.39 is 57.5 Å². The van der Waals surface area contributed by atoms with E-state index in [1.54, 1.807) is 13.2 Å². The lowest BCUT2D eigenvalue weighted by Gasteiger charge is -2.63. The fourth-order valence-electron chi connectivity index (χ4n) is 13.8. The van der Waals surface area contributed by atoms with Gasteiger partial charge < -0.3 is 34.1 Å². The summed E-state index contributed by atoms with van der Waals surface area (Å²) in [5.41, 5.74) is -0.502. The summed E-state index contributed by atoms with van der Waals surface area (Å²) < 4.78 is 24.0. The van der Waals surface area contributed by atoms with E-state index in [0.717, 1.165) is 33.3 Å². The molecular weight excluding hydrogens is 775 g/mol. The molecule has 0 aromatic heterocycles. The highest BCUT2D eigenvalue weighted by atomic mass is 16.6. The highest BCUT2D eigenvalue weighted by molar-refractivity contribution is 6.67. The van der Waals surface area contributed by atoms with Crippen LogP contribution in [0.4, 0.5) is 5.69 Å². The number of fused-ring (bicyclic) bond motifs is 5. The molecule has 7 aliphatic rings. The summed E-state index contributed by atoms with van der Waals surface area (Å²) >= 11 is 0. The molecule has 61 heavy (non-hydrogen) atoms. The van der Waals surface area contributed by atoms with Crippen LogP contribution < -0.4 is 15.1 Å². The van der Waals surface area contributed by atoms with Crippen molar-refractivity contribution >= 4 is 41.9 Å². The van der Waals surface area contributed by atoms with Gasteiger partial charge in [0, 0.05) is 74.3 Å². The first-order chi connectivity index (χ1) is 29.2. The number of nitrogens with zero attached hydrogens (tertiary/aromatic N) is 4. The number of likely N-dealkylation sites (N-methyl/N-ethyl adjacent to an activating group) is 1. The number of nitriles is 1. The van der Waals surface area contributed by atoms with E-state index >= 15 is 4.79 Å². The van der Waals surface area contributed by atoms with Gasteiger partial charge in [-0.3, -0.25) is 19.4 Å². The number of anilines is 1. The molecule has 1 spiro atoms. The molecular formula is C47H56BN4O9. The van der Waals surface area contributed by atoms with Crippen LogP contribution >= 0.6 is 0 Å². The zero-order valence-corrected chi connectivity index (χ0v) is 36.2. The molecule has 1 aliphatic carbocycles. The van der Waals surface area contributed by atoms with E-state index in [1.807, 2.05) is 56.1 Å². The number of hydrogen-bond acceptors (Lipinski definition) is 13. The van der Waals surface area contributed by atoms with Gasteiger partial charge in [0.15, 0.2) is 13.4 Å². The SMILES string of the molecule is CC[C@]1(O)C[C@H]2CN(CCC3=C([B]c4ccc(C#N)cc43)[C@@](C(=O)OC)(c3cc4c(cc3OC)N(C)[C@H]3[C@@](O)(C(=O)OC)[C@H](OC(C)=O)[C@]5(CC)C=CCN6CC[C@]43[C@@H]65)C2)C1. The van der Waals surface area contributed by atoms with Crippen LogP contribution in [0, 0.1) is 22.7 Å². The third-order valence-corrected chi connectivity index (χ3v) is 16.0. The summed E-state index contributed by atoms with van der Waals surface area (Å²) in [4.78, 5) is 49.5. The standard InChI is InChI=1S/C47H56BN4O9/c1-8-43(56)22-29-23-46(41(54)59-6,37-30(13-17-51(25-29)26-43)31-19-28(24-49)11-12-34(31)48-37)33-20-32-35(21-36(33)58-5)50(4)39-45(32)15-18-52-16-10-14-44(9-2,38(45)52)40(61-27(3)53)47(39,57)42(55)60-7/h10-12,14,19-21,29,38-40,56-57H,8-9,13,15-18,22-23,25-26H2,1-7H3/t29-,38+,39-,40-,43+,44-,45-,46+,47+/m1/s1. The first-order valence-corrected chi connectivity index (χ1v) is 21.7. The van der Waals surface area contributed by atoms with Gasteiger partial charge in [0.25, 0.3) is 0 Å². The van der Waals surface area contributed by atoms with Gasteiger partial charge in [-0.2, -0.15) is 5.26 Å². The molecule has 1 unspecified atom stereocenters. The summed E-state index contributed by atoms with van der Waals surface area (Å²) in [7, 11) is 8.16. The zero-order chi connectivity index (χ0) is 43.4. The summed E-state index contributed by atoms with van der Waals surface area (Å²) in [6, 6.07) is 10.7. The third kappa shape index (κ3) is 5.49. The van der Waals surface area contributed by atoms with Crippen LogP contribution in [-0.2, 0) is 39.4 Å². The maximum Gasteiger partial charge on any atom is 0.344 e. The second-order valence-electron chi connectivity index (χ2n) is 18.6. The van der Waals surface area contributed by atoms with Gasteiger partial charge in [0.2, 0.25) is 5.60 Å². The van der Waals surface area contributed by atoms with Crippen LogP contribution in [0.1, 0.15) is 81.5 Å². The molecule has 2 bridgehead atoms. The number of piperidine rings is 1. The Morgan fingerprint density at radius 1 is 0.984 bits per heavy atom. The minimum Gasteiger partial charge on any atom is -0.496 e. The smallest absolute Gasteiger partial charge is 0.344 e. The summed E-state index contributed by atoms with van der Waals surface area (Å²) in [6.45, 7) is 8.40. The molecule has 6 aliphatic heterocycles. The molecule has 1 radical (unpaired) electrons. The van der Waals surface area contributed by atoms with Crippen LogP contribution in [0.15, 0.2) is 48.0 Å². The Kier molecular flexibility index (Phi) is 9.87. The van der Waals surface area contributed by atoms with E-state index in [2.05, 4.69) is 29.2 Å². The van der Waals surface area contributed by atoms with E-state index in [-0.39, 0.29) is 12.0 Å². The molecule has 6 heterocycles. The number of benzene rings is 2. The van der Waals surface area contributed by atoms with Crippen LogP contribution in [0.25, 0.3) is 5.57 Å². The monoisotopic (exact) mass is 831 g/mol. The number of esters is 3. The van der Waals surface area contributed by atoms with Crippen molar-refractivity contribution < 1.29 is 43.5 Å². The van der Waals surface area contributed by atoms with E-state index in [4.69, 9.17) is 18.9 Å². The molecule has 9 rings (SSSR count). The molecule has 10 atom stereocenters. The van der Waals surface area contributed by atoms with Gasteiger partial charge in [0.1, 0.15) is 11.2 Å². The van der Waals surface area contributed by atoms with Crippen molar-refractivity contribution in [3.8, 4) is 11.8 Å². The Morgan fingerprint density at radius 3 is 2.43 bits per heavy atom. The largest absolute Gasteiger partial charge is 0.496 e. The number of carbonyl (C=O) groups is 3. The second kappa shape index (κ2) is 14.4. The highest BCUT2D eigenvalue weighted by Gasteiger charge is 2.80. The molecule has 1 saturated carbocycles. The van der Waals surface area contributed by atoms with E-state index in [9.17, 15) is 25.1 Å². The van der Waals surface area contributed by atoms with Crippen molar-refractivity contribution in [1.29, 1.82) is 5.26 Å². The van der Waals surface area contributed by atoms with Crippen LogP contribution in [0.5, 0.6) is 5.75 Å². The lowest BCUT2D eigenvalue weighted by Crippen LogP contribution is -2.81. The summed E-state index contributed by atoms with van der Waals surface area (Å²) in [5.74, 6) is -1.69. The minimum absolute atomic E-state index is 0.134. The van der Waals surface area contributed by atoms with Crippen molar-refractivity contribution in [1.82, 2.24) is 9.80 Å². The Labute approximate surface area is 358 Å². The van der Waals surface area contributed by atoms with Crippen molar-refractivity contribution in [3.63, 3.8) is 0 Å². The predicted octanol–water partition coefficient (Wildman–Crippen LogP) is 2.93. The van der Waals surface area contributed by atoms with E-state index in [0.29, 0.717) is 88.1 Å². The van der Waals surface area contributed by atoms with Crippen molar-refractivity contribution in [3.05, 3.63) is 70.2 Å². The zero-order valence-electron chi connectivity index (χ0n) is 36.2. The molecule has 0 amide bonds. The first-order valence-electron chi connectivity index (χ1n) is 21.7. The molecule has 14 heteroatoms. The van der Waals surface area contributed by atoms with Crippen molar-refractivity contribution in [2.24, 2.45) is 11.3 Å². The summed E-state index contributed by atoms with van der Waals surface area (Å²) in [6.07, 6.45) is 5.69. The first kappa shape index (κ1) is 41.7. The number of aliphatic hydroxyl groups is 2. The molecule has 13 nitrogen and oxygen atoms in total. The van der Waals surface area contributed by atoms with Crippen LogP contribution in [0.2, 0.25) is 0 Å². The molecule has 2 aromatic carbocycles. The lowest BCUT2D eigenvalue weighted by atomic mass is 9.47. The number of carbonyl (C=O) groups excluding carboxylic acids is 3. The number of hydrogen-bond donors (Lipinski definition) is 2. The Balaban J connectivity index is 1.36. The average molecular weight is 832 g/mol. The van der Waals surface area contributed by atoms with Crippen LogP contribution in [-0.4, -0.2) is 136 Å². The lowest BCUT2D eigenvalue weighted by molar-refractivity contribution is -0.228. The van der Waals surface area contributed by atoms with Gasteiger partial charge in [-0.1, -0.05) is 43.0 Å². The number of ether oxygens (including phenoxy) is 4. The molecule has 2 aromatic rings. The normalized spacial score (nSPS) is 36.7. The van der Waals surface area contributed by atoms with Crippen LogP contribution in [0.3, 0.4) is 0 Å². The average Bonchev–Trinajstić information content (AvgIpc) is 3.92. The molecule has 321 valence electrons. The Morgan fingerprint density at radius 2 is 1.75 bits per heavy atom. The fraction of sp³-hybridized carbons (Fsp3) is 0.574. The number of rotatable bonds is 7. The van der Waals surface area contributed by atoms with Gasteiger partial charge in [-0.05, 0) is 85.9 Å². The maximum absolute atomic E-state index is 15.4. The van der Waals surface area contributed by atoms with E-state index in [1.165, 1.54) is 21.1 Å². The topological polar surface area (TPSA) is 162 Å². The highest BCUT2D eigenvalue weighted by Crippen LogP contribution is 2.68. The molecule has 3 fully saturated rings. The minimum atomic E-state index is -2.32. The second-order valence-corrected chi connectivity index (χ2v) is 18.6.